The van der Waals surface area contributed by atoms with Crippen LogP contribution in [0.1, 0.15) is 59.4 Å². The quantitative estimate of drug-likeness (QED) is 0.260. The Labute approximate surface area is 254 Å². The topological polar surface area (TPSA) is 71.8 Å². The van der Waals surface area contributed by atoms with E-state index in [2.05, 4.69) is 49.8 Å². The van der Waals surface area contributed by atoms with Gasteiger partial charge in [0.05, 0.1) is 30.4 Å². The van der Waals surface area contributed by atoms with Crippen molar-refractivity contribution in [3.8, 4) is 5.75 Å². The molecule has 2 heterocycles. The minimum absolute atomic E-state index is 0.129. The third kappa shape index (κ3) is 5.77. The molecule has 3 saturated carbocycles. The van der Waals surface area contributed by atoms with E-state index in [9.17, 15) is 9.18 Å². The van der Waals surface area contributed by atoms with Gasteiger partial charge in [-0.1, -0.05) is 40.7 Å². The van der Waals surface area contributed by atoms with E-state index in [-0.39, 0.29) is 11.4 Å². The average molecular weight is 588 g/mol. The number of rotatable bonds is 6. The number of likely N-dealkylation sites (tertiary alicyclic amines) is 1. The van der Waals surface area contributed by atoms with Crippen molar-refractivity contribution in [1.82, 2.24) is 14.5 Å². The number of aliphatic imine (C=N–C) groups is 1. The molecule has 4 unspecified atom stereocenters. The highest BCUT2D eigenvalue weighted by Crippen LogP contribution is 2.61. The first-order valence-corrected chi connectivity index (χ1v) is 15.9. The van der Waals surface area contributed by atoms with Crippen molar-refractivity contribution >= 4 is 22.5 Å². The summed E-state index contributed by atoms with van der Waals surface area (Å²) >= 11 is 0. The molecular weight excluding hydrogens is 541 g/mol. The summed E-state index contributed by atoms with van der Waals surface area (Å²) in [7, 11) is 1.51. The molecule has 1 N–H and O–H groups in total. The van der Waals surface area contributed by atoms with Gasteiger partial charge < -0.3 is 15.0 Å². The lowest BCUT2D eigenvalue weighted by molar-refractivity contribution is -0.108. The summed E-state index contributed by atoms with van der Waals surface area (Å²) in [5.41, 5.74) is 2.35. The van der Waals surface area contributed by atoms with E-state index in [1.54, 1.807) is 23.0 Å². The van der Waals surface area contributed by atoms with E-state index in [1.165, 1.54) is 26.0 Å². The highest BCUT2D eigenvalue weighted by molar-refractivity contribution is 5.96. The van der Waals surface area contributed by atoms with E-state index >= 15 is 0 Å². The fourth-order valence-corrected chi connectivity index (χ4v) is 8.10. The standard InChI is InChI=1S/C35H46FN5O2/c1-21-13-22(2)19-41(18-21)34(39-31-15-25-14-29(23(31)3)35(25,4)5)38-26-8-10-28-32(16-26)37-20-40(33(28)42)12-11-24-7-9-27(43-6)17-30(24)36/h7-10,16-17,20-23,25,29,31H,11-15,18-19H2,1-6H3,(H,38,39)/t21?,22?,23?,25-,29+,31?/m0/s1. The summed E-state index contributed by atoms with van der Waals surface area (Å²) in [6, 6.07) is 10.9. The van der Waals surface area contributed by atoms with Gasteiger partial charge in [-0.25, -0.2) is 14.4 Å². The predicted octanol–water partition coefficient (Wildman–Crippen LogP) is 6.60. The number of aryl methyl sites for hydroxylation is 2. The van der Waals surface area contributed by atoms with Crippen molar-refractivity contribution in [3.63, 3.8) is 0 Å². The van der Waals surface area contributed by atoms with Crippen molar-refractivity contribution in [3.05, 3.63) is 64.5 Å². The fraction of sp³-hybridized carbons (Fsp3) is 0.571. The second-order valence-corrected chi connectivity index (χ2v) is 14.1. The monoisotopic (exact) mass is 587 g/mol. The van der Waals surface area contributed by atoms with Crippen molar-refractivity contribution in [2.24, 2.45) is 40.0 Å². The largest absolute Gasteiger partial charge is 0.497 e. The zero-order chi connectivity index (χ0) is 30.5. The second-order valence-electron chi connectivity index (χ2n) is 14.1. The Balaban J connectivity index is 1.23. The van der Waals surface area contributed by atoms with Gasteiger partial charge >= 0.3 is 0 Å². The first kappa shape index (κ1) is 29.6. The van der Waals surface area contributed by atoms with Crippen LogP contribution in [-0.2, 0) is 13.0 Å². The van der Waals surface area contributed by atoms with Gasteiger partial charge in [0.15, 0.2) is 5.96 Å². The van der Waals surface area contributed by atoms with Crippen molar-refractivity contribution in [1.29, 1.82) is 0 Å². The third-order valence-electron chi connectivity index (χ3n) is 10.7. The van der Waals surface area contributed by atoms with E-state index in [4.69, 9.17) is 9.73 Å². The molecule has 0 radical (unpaired) electrons. The van der Waals surface area contributed by atoms with Crippen molar-refractivity contribution in [2.75, 3.05) is 25.5 Å². The van der Waals surface area contributed by atoms with Crippen molar-refractivity contribution in [2.45, 2.75) is 72.9 Å². The minimum Gasteiger partial charge on any atom is -0.497 e. The van der Waals surface area contributed by atoms with Crippen LogP contribution < -0.4 is 15.6 Å². The van der Waals surface area contributed by atoms with Crippen molar-refractivity contribution < 1.29 is 9.13 Å². The second kappa shape index (κ2) is 11.6. The normalized spacial score (nSPS) is 28.4. The molecule has 43 heavy (non-hydrogen) atoms. The molecule has 1 aliphatic heterocycles. The predicted molar refractivity (Wildman–Crippen MR) is 171 cm³/mol. The number of piperidine rings is 1. The maximum atomic E-state index is 14.4. The van der Waals surface area contributed by atoms with Gasteiger partial charge in [-0.05, 0) is 90.5 Å². The Hall–Kier alpha value is -3.42. The molecule has 1 saturated heterocycles. The summed E-state index contributed by atoms with van der Waals surface area (Å²) in [6.07, 6.45) is 5.67. The van der Waals surface area contributed by atoms with Crippen LogP contribution in [0.2, 0.25) is 0 Å². The van der Waals surface area contributed by atoms with E-state index in [1.807, 2.05) is 18.2 Å². The maximum absolute atomic E-state index is 14.4. The molecule has 6 atom stereocenters. The van der Waals surface area contributed by atoms with Gasteiger partial charge in [0, 0.05) is 31.4 Å². The molecule has 4 aliphatic rings. The molecule has 230 valence electrons. The molecule has 2 bridgehead atoms. The van der Waals surface area contributed by atoms with E-state index in [0.717, 1.165) is 43.0 Å². The minimum atomic E-state index is -0.338. The highest BCUT2D eigenvalue weighted by atomic mass is 19.1. The molecule has 7 rings (SSSR count). The van der Waals surface area contributed by atoms with E-state index in [0.29, 0.717) is 64.4 Å². The van der Waals surface area contributed by atoms with Crippen LogP contribution >= 0.6 is 0 Å². The molecule has 8 heteroatoms. The molecule has 7 nitrogen and oxygen atoms in total. The lowest BCUT2D eigenvalue weighted by Crippen LogP contribution is -2.57. The number of aromatic nitrogens is 2. The van der Waals surface area contributed by atoms with Crippen LogP contribution in [0.4, 0.5) is 10.1 Å². The molecule has 3 aliphatic carbocycles. The summed E-state index contributed by atoms with van der Waals surface area (Å²) in [6.45, 7) is 14.2. The zero-order valence-corrected chi connectivity index (χ0v) is 26.4. The lowest BCUT2D eigenvalue weighted by Gasteiger charge is -2.61. The fourth-order valence-electron chi connectivity index (χ4n) is 8.10. The zero-order valence-electron chi connectivity index (χ0n) is 26.4. The van der Waals surface area contributed by atoms with Gasteiger partial charge in [0.25, 0.3) is 5.56 Å². The number of nitrogens with one attached hydrogen (secondary N) is 1. The van der Waals surface area contributed by atoms with Crippen LogP contribution in [-0.4, -0.2) is 46.7 Å². The molecule has 0 spiro atoms. The average Bonchev–Trinajstić information content (AvgIpc) is 2.97. The van der Waals surface area contributed by atoms with Gasteiger partial charge in [-0.15, -0.1) is 0 Å². The maximum Gasteiger partial charge on any atom is 0.261 e. The smallest absolute Gasteiger partial charge is 0.261 e. The van der Waals surface area contributed by atoms with Crippen LogP contribution in [0, 0.1) is 40.8 Å². The Morgan fingerprint density at radius 1 is 1.09 bits per heavy atom. The first-order valence-electron chi connectivity index (χ1n) is 15.9. The number of halogens is 1. The van der Waals surface area contributed by atoms with Crippen LogP contribution in [0.5, 0.6) is 5.75 Å². The Bertz CT molecular complexity index is 1570. The Morgan fingerprint density at radius 2 is 1.86 bits per heavy atom. The molecule has 1 aromatic heterocycles. The van der Waals surface area contributed by atoms with Gasteiger partial charge in [-0.2, -0.15) is 0 Å². The number of hydrogen-bond acceptors (Lipinski definition) is 4. The van der Waals surface area contributed by atoms with Crippen LogP contribution in [0.15, 0.2) is 52.5 Å². The lowest BCUT2D eigenvalue weighted by atomic mass is 9.45. The molecule has 4 fully saturated rings. The number of nitrogens with zero attached hydrogens (tertiary/aromatic N) is 4. The molecule has 3 aromatic rings. The number of anilines is 1. The van der Waals surface area contributed by atoms with Gasteiger partial charge in [0.2, 0.25) is 0 Å². The number of guanidine groups is 1. The Kier molecular flexibility index (Phi) is 7.99. The number of fused-ring (bicyclic) bond motifs is 3. The van der Waals surface area contributed by atoms with E-state index < -0.39 is 0 Å². The highest BCUT2D eigenvalue weighted by Gasteiger charge is 2.56. The number of methoxy groups -OCH3 is 1. The van der Waals surface area contributed by atoms with Gasteiger partial charge in [-0.3, -0.25) is 9.36 Å². The summed E-state index contributed by atoms with van der Waals surface area (Å²) in [4.78, 5) is 25.8. The summed E-state index contributed by atoms with van der Waals surface area (Å²) < 4.78 is 21.1. The van der Waals surface area contributed by atoms with Gasteiger partial charge in [0.1, 0.15) is 11.6 Å². The SMILES string of the molecule is COc1ccc(CCn2cnc3cc(NC(=NC4C[C@@H]5C[C@H](C4C)C5(C)C)N4CC(C)CC(C)C4)ccc3c2=O)c(F)c1. The van der Waals surface area contributed by atoms with Crippen LogP contribution in [0.25, 0.3) is 10.9 Å². The molecule has 0 amide bonds. The number of benzene rings is 2. The summed E-state index contributed by atoms with van der Waals surface area (Å²) in [5, 5.41) is 4.22. The third-order valence-corrected chi connectivity index (χ3v) is 10.7. The summed E-state index contributed by atoms with van der Waals surface area (Å²) in [5.74, 6) is 4.33. The first-order chi connectivity index (χ1) is 20.5. The molecule has 2 aromatic carbocycles. The Morgan fingerprint density at radius 3 is 2.53 bits per heavy atom. The number of ether oxygens (including phenoxy) is 1. The number of hydrogen-bond donors (Lipinski definition) is 1. The van der Waals surface area contributed by atoms with Crippen LogP contribution in [0.3, 0.4) is 0 Å². The molecular formula is C35H46FN5O2.